The summed E-state index contributed by atoms with van der Waals surface area (Å²) in [6.07, 6.45) is 3.94. The summed E-state index contributed by atoms with van der Waals surface area (Å²) >= 11 is 0. The van der Waals surface area contributed by atoms with Gasteiger partial charge in [-0.3, -0.25) is 14.0 Å². The highest BCUT2D eigenvalue weighted by molar-refractivity contribution is 5.97. The molecule has 7 nitrogen and oxygen atoms in total. The minimum absolute atomic E-state index is 0.000508. The summed E-state index contributed by atoms with van der Waals surface area (Å²) in [5, 5.41) is 3.30. The Morgan fingerprint density at radius 2 is 2.04 bits per heavy atom. The number of piperidine rings is 1. The number of nitrogens with zero attached hydrogens (tertiary/aromatic N) is 2. The van der Waals surface area contributed by atoms with E-state index >= 15 is 0 Å². The SMILES string of the molecule is CCOc1cccn2c(C(=O)CC3(CC(=O)OC)CCNCC3)c(C)nc12. The number of methoxy groups -OCH3 is 1. The van der Waals surface area contributed by atoms with Crippen LogP contribution in [0.15, 0.2) is 18.3 Å². The minimum atomic E-state index is -0.371. The van der Waals surface area contributed by atoms with Crippen LogP contribution in [0.1, 0.15) is 48.8 Å². The van der Waals surface area contributed by atoms with Crippen molar-refractivity contribution in [3.63, 3.8) is 0 Å². The highest BCUT2D eigenvalue weighted by atomic mass is 16.5. The molecule has 1 N–H and O–H groups in total. The molecule has 1 aliphatic rings. The summed E-state index contributed by atoms with van der Waals surface area (Å²) in [5.41, 5.74) is 1.51. The van der Waals surface area contributed by atoms with Crippen molar-refractivity contribution in [3.8, 4) is 5.75 Å². The molecular weight excluding hydrogens is 346 g/mol. The number of ether oxygens (including phenoxy) is 2. The molecule has 0 bridgehead atoms. The van der Waals surface area contributed by atoms with Gasteiger partial charge in [0.2, 0.25) is 0 Å². The summed E-state index contributed by atoms with van der Waals surface area (Å²) in [6, 6.07) is 3.70. The smallest absolute Gasteiger partial charge is 0.306 e. The van der Waals surface area contributed by atoms with E-state index in [1.807, 2.05) is 32.2 Å². The fourth-order valence-electron chi connectivity index (χ4n) is 3.94. The van der Waals surface area contributed by atoms with Gasteiger partial charge in [0.15, 0.2) is 17.2 Å². The maximum atomic E-state index is 13.3. The second kappa shape index (κ2) is 8.08. The summed E-state index contributed by atoms with van der Waals surface area (Å²) in [7, 11) is 1.39. The Morgan fingerprint density at radius 3 is 2.70 bits per heavy atom. The van der Waals surface area contributed by atoms with Crippen molar-refractivity contribution in [2.24, 2.45) is 5.41 Å². The molecule has 0 amide bonds. The van der Waals surface area contributed by atoms with E-state index in [0.717, 1.165) is 25.9 Å². The Balaban J connectivity index is 1.93. The second-order valence-corrected chi connectivity index (χ2v) is 7.15. The molecule has 0 unspecified atom stereocenters. The lowest BCUT2D eigenvalue weighted by Crippen LogP contribution is -2.40. The van der Waals surface area contributed by atoms with Gasteiger partial charge in [0.1, 0.15) is 5.69 Å². The van der Waals surface area contributed by atoms with Crippen molar-refractivity contribution in [1.29, 1.82) is 0 Å². The molecule has 0 atom stereocenters. The predicted octanol–water partition coefficient (Wildman–Crippen LogP) is 2.55. The normalized spacial score (nSPS) is 16.3. The molecule has 2 aromatic rings. The van der Waals surface area contributed by atoms with Crippen LogP contribution in [-0.2, 0) is 9.53 Å². The number of esters is 1. The van der Waals surface area contributed by atoms with Gasteiger partial charge in [-0.05, 0) is 57.3 Å². The number of imidazole rings is 1. The van der Waals surface area contributed by atoms with E-state index in [9.17, 15) is 9.59 Å². The fraction of sp³-hybridized carbons (Fsp3) is 0.550. The zero-order valence-corrected chi connectivity index (χ0v) is 16.2. The molecule has 1 aliphatic heterocycles. The maximum absolute atomic E-state index is 13.3. The molecule has 3 rings (SSSR count). The maximum Gasteiger partial charge on any atom is 0.306 e. The van der Waals surface area contributed by atoms with Gasteiger partial charge < -0.3 is 14.8 Å². The van der Waals surface area contributed by atoms with Crippen molar-refractivity contribution >= 4 is 17.4 Å². The number of hydrogen-bond donors (Lipinski definition) is 1. The first kappa shape index (κ1) is 19.4. The summed E-state index contributed by atoms with van der Waals surface area (Å²) in [4.78, 5) is 29.8. The Kier molecular flexibility index (Phi) is 5.79. The predicted molar refractivity (Wildman–Crippen MR) is 101 cm³/mol. The molecule has 146 valence electrons. The molecule has 2 aromatic heterocycles. The topological polar surface area (TPSA) is 81.9 Å². The number of carbonyl (C=O) groups is 2. The van der Waals surface area contributed by atoms with Gasteiger partial charge in [0.25, 0.3) is 0 Å². The standard InChI is InChI=1S/C20H27N3O4/c1-4-27-16-6-5-11-23-18(14(2)22-19(16)23)15(24)12-20(13-17(25)26-3)7-9-21-10-8-20/h5-6,11,21H,4,7-10,12-13H2,1-3H3. The highest BCUT2D eigenvalue weighted by Gasteiger charge is 2.38. The van der Waals surface area contributed by atoms with Crippen LogP contribution in [0.4, 0.5) is 0 Å². The molecule has 7 heteroatoms. The van der Waals surface area contributed by atoms with Crippen LogP contribution in [0.25, 0.3) is 5.65 Å². The van der Waals surface area contributed by atoms with E-state index in [1.165, 1.54) is 7.11 Å². The van der Waals surface area contributed by atoms with Crippen LogP contribution >= 0.6 is 0 Å². The van der Waals surface area contributed by atoms with Gasteiger partial charge in [0, 0.05) is 12.6 Å². The molecule has 1 saturated heterocycles. The molecule has 27 heavy (non-hydrogen) atoms. The third-order valence-corrected chi connectivity index (χ3v) is 5.30. The second-order valence-electron chi connectivity index (χ2n) is 7.15. The van der Waals surface area contributed by atoms with Gasteiger partial charge in [-0.25, -0.2) is 4.98 Å². The third-order valence-electron chi connectivity index (χ3n) is 5.30. The van der Waals surface area contributed by atoms with E-state index < -0.39 is 0 Å². The van der Waals surface area contributed by atoms with E-state index in [2.05, 4.69) is 10.3 Å². The van der Waals surface area contributed by atoms with E-state index in [-0.39, 0.29) is 23.6 Å². The fourth-order valence-corrected chi connectivity index (χ4v) is 3.94. The molecule has 0 saturated carbocycles. The Labute approximate surface area is 159 Å². The first-order valence-corrected chi connectivity index (χ1v) is 9.41. The van der Waals surface area contributed by atoms with Gasteiger partial charge >= 0.3 is 5.97 Å². The van der Waals surface area contributed by atoms with Gasteiger partial charge in [-0.15, -0.1) is 0 Å². The Morgan fingerprint density at radius 1 is 1.30 bits per heavy atom. The Hall–Kier alpha value is -2.41. The molecule has 3 heterocycles. The van der Waals surface area contributed by atoms with Gasteiger partial charge in [-0.2, -0.15) is 0 Å². The van der Waals surface area contributed by atoms with E-state index in [1.54, 1.807) is 4.40 Å². The van der Waals surface area contributed by atoms with E-state index in [0.29, 0.717) is 35.8 Å². The monoisotopic (exact) mass is 373 g/mol. The zero-order valence-electron chi connectivity index (χ0n) is 16.2. The quantitative estimate of drug-likeness (QED) is 0.593. The molecule has 0 aliphatic carbocycles. The molecular formula is C20H27N3O4. The lowest BCUT2D eigenvalue weighted by molar-refractivity contribution is -0.143. The molecule has 0 radical (unpaired) electrons. The first-order valence-electron chi connectivity index (χ1n) is 9.41. The van der Waals surface area contributed by atoms with Crippen molar-refractivity contribution in [2.75, 3.05) is 26.8 Å². The van der Waals surface area contributed by atoms with Crippen LogP contribution in [0.2, 0.25) is 0 Å². The number of aromatic nitrogens is 2. The van der Waals surface area contributed by atoms with Crippen LogP contribution in [0, 0.1) is 12.3 Å². The number of fused-ring (bicyclic) bond motifs is 1. The van der Waals surface area contributed by atoms with Crippen molar-refractivity contribution in [3.05, 3.63) is 29.7 Å². The lowest BCUT2D eigenvalue weighted by Gasteiger charge is -2.36. The van der Waals surface area contributed by atoms with Crippen molar-refractivity contribution in [2.45, 2.75) is 39.5 Å². The van der Waals surface area contributed by atoms with Crippen LogP contribution in [0.3, 0.4) is 0 Å². The number of pyridine rings is 1. The van der Waals surface area contributed by atoms with Gasteiger partial charge in [-0.1, -0.05) is 0 Å². The number of rotatable bonds is 7. The molecule has 0 spiro atoms. The average Bonchev–Trinajstić information content (AvgIpc) is 2.99. The average molecular weight is 373 g/mol. The lowest BCUT2D eigenvalue weighted by atomic mass is 9.72. The summed E-state index contributed by atoms with van der Waals surface area (Å²) in [5.74, 6) is 0.394. The number of carbonyl (C=O) groups excluding carboxylic acids is 2. The third kappa shape index (κ3) is 3.98. The highest BCUT2D eigenvalue weighted by Crippen LogP contribution is 2.38. The number of ketones is 1. The minimum Gasteiger partial charge on any atom is -0.490 e. The number of nitrogens with one attached hydrogen (secondary N) is 1. The molecule has 1 fully saturated rings. The summed E-state index contributed by atoms with van der Waals surface area (Å²) in [6.45, 7) is 5.88. The van der Waals surface area contributed by atoms with Crippen molar-refractivity contribution in [1.82, 2.24) is 14.7 Å². The van der Waals surface area contributed by atoms with Crippen LogP contribution < -0.4 is 10.1 Å². The first-order chi connectivity index (χ1) is 13.0. The largest absolute Gasteiger partial charge is 0.490 e. The number of Topliss-reactive ketones (excluding diaryl/α,β-unsaturated/α-hetero) is 1. The van der Waals surface area contributed by atoms with Gasteiger partial charge in [0.05, 0.1) is 25.8 Å². The molecule has 0 aromatic carbocycles. The van der Waals surface area contributed by atoms with Crippen molar-refractivity contribution < 1.29 is 19.1 Å². The van der Waals surface area contributed by atoms with E-state index in [4.69, 9.17) is 9.47 Å². The van der Waals surface area contributed by atoms with Crippen LogP contribution in [0.5, 0.6) is 5.75 Å². The summed E-state index contributed by atoms with van der Waals surface area (Å²) < 4.78 is 12.3. The number of hydrogen-bond acceptors (Lipinski definition) is 6. The van der Waals surface area contributed by atoms with Crippen LogP contribution in [-0.4, -0.2) is 47.9 Å². The zero-order chi connectivity index (χ0) is 19.4. The number of aryl methyl sites for hydroxylation is 1. The Bertz CT molecular complexity index is 837.